The van der Waals surface area contributed by atoms with Crippen LogP contribution in [0.1, 0.15) is 25.8 Å². The molecule has 0 bridgehead atoms. The largest absolute Gasteiger partial charge is 0.343 e. The van der Waals surface area contributed by atoms with Crippen LogP contribution in [0.25, 0.3) is 0 Å². The molecular formula is C15H20N2O2. The van der Waals surface area contributed by atoms with Gasteiger partial charge in [0.25, 0.3) is 0 Å². The fraction of sp³-hybridized carbons (Fsp3) is 0.467. The van der Waals surface area contributed by atoms with Crippen LogP contribution in [0.3, 0.4) is 0 Å². The first kappa shape index (κ1) is 13.6. The van der Waals surface area contributed by atoms with Gasteiger partial charge in [0.2, 0.25) is 11.8 Å². The first-order chi connectivity index (χ1) is 8.99. The van der Waals surface area contributed by atoms with Gasteiger partial charge in [-0.2, -0.15) is 0 Å². The topological polar surface area (TPSA) is 49.4 Å². The summed E-state index contributed by atoms with van der Waals surface area (Å²) in [6, 6.07) is 7.25. The van der Waals surface area contributed by atoms with Gasteiger partial charge in [-0.05, 0) is 30.9 Å². The lowest BCUT2D eigenvalue weighted by Gasteiger charge is -2.34. The van der Waals surface area contributed by atoms with E-state index in [0.717, 1.165) is 11.3 Å². The third-order valence-corrected chi connectivity index (χ3v) is 3.31. The minimum atomic E-state index is -0.402. The van der Waals surface area contributed by atoms with Gasteiger partial charge in [-0.15, -0.1) is 0 Å². The highest BCUT2D eigenvalue weighted by Crippen LogP contribution is 2.23. The van der Waals surface area contributed by atoms with E-state index in [1.807, 2.05) is 45.0 Å². The summed E-state index contributed by atoms with van der Waals surface area (Å²) >= 11 is 0. The Balaban J connectivity index is 2.27. The molecule has 19 heavy (non-hydrogen) atoms. The van der Waals surface area contributed by atoms with Crippen molar-refractivity contribution in [2.75, 3.05) is 11.4 Å². The number of benzene rings is 1. The Hall–Kier alpha value is -1.84. The molecule has 1 saturated heterocycles. The molecule has 0 radical (unpaired) electrons. The maximum Gasteiger partial charge on any atom is 0.250 e. The molecule has 1 aromatic carbocycles. The third kappa shape index (κ3) is 2.95. The number of carbonyl (C=O) groups excluding carboxylic acids is 2. The summed E-state index contributed by atoms with van der Waals surface area (Å²) in [5, 5.41) is 2.79. The predicted octanol–water partition coefficient (Wildman–Crippen LogP) is 1.87. The Labute approximate surface area is 113 Å². The van der Waals surface area contributed by atoms with Gasteiger partial charge < -0.3 is 10.2 Å². The van der Waals surface area contributed by atoms with Crippen LogP contribution in [0, 0.1) is 12.8 Å². The minimum absolute atomic E-state index is 0.0115. The van der Waals surface area contributed by atoms with Crippen molar-refractivity contribution in [1.82, 2.24) is 5.32 Å². The molecule has 1 aliphatic heterocycles. The summed E-state index contributed by atoms with van der Waals surface area (Å²) in [5.74, 6) is 0.266. The minimum Gasteiger partial charge on any atom is -0.343 e. The van der Waals surface area contributed by atoms with E-state index in [1.165, 1.54) is 0 Å². The lowest BCUT2D eigenvalue weighted by Crippen LogP contribution is -2.58. The molecule has 0 aliphatic carbocycles. The van der Waals surface area contributed by atoms with Gasteiger partial charge in [0.15, 0.2) is 0 Å². The van der Waals surface area contributed by atoms with Crippen molar-refractivity contribution < 1.29 is 9.59 Å². The van der Waals surface area contributed by atoms with Crippen LogP contribution < -0.4 is 10.2 Å². The Morgan fingerprint density at radius 1 is 1.32 bits per heavy atom. The second kappa shape index (κ2) is 5.43. The molecule has 1 N–H and O–H groups in total. The van der Waals surface area contributed by atoms with Crippen LogP contribution in [0.2, 0.25) is 0 Å². The highest BCUT2D eigenvalue weighted by atomic mass is 16.2. The molecule has 2 amide bonds. The number of rotatable bonds is 3. The SMILES string of the molecule is Cc1ccccc1N1CC(=O)NC(CC(C)C)C1=O. The van der Waals surface area contributed by atoms with Gasteiger partial charge >= 0.3 is 0 Å². The van der Waals surface area contributed by atoms with Crippen LogP contribution in [0.15, 0.2) is 24.3 Å². The van der Waals surface area contributed by atoms with Crippen molar-refractivity contribution in [3.05, 3.63) is 29.8 Å². The van der Waals surface area contributed by atoms with E-state index < -0.39 is 6.04 Å². The quantitative estimate of drug-likeness (QED) is 0.902. The number of hydrogen-bond donors (Lipinski definition) is 1. The number of hydrogen-bond acceptors (Lipinski definition) is 2. The number of para-hydroxylation sites is 1. The summed E-state index contributed by atoms with van der Waals surface area (Å²) in [4.78, 5) is 25.9. The Morgan fingerprint density at radius 2 is 2.00 bits per heavy atom. The molecule has 1 heterocycles. The molecule has 0 saturated carbocycles. The van der Waals surface area contributed by atoms with Gasteiger partial charge in [0.1, 0.15) is 12.6 Å². The Morgan fingerprint density at radius 3 is 2.63 bits per heavy atom. The molecule has 0 spiro atoms. The second-order valence-corrected chi connectivity index (χ2v) is 5.46. The maximum absolute atomic E-state index is 12.5. The highest BCUT2D eigenvalue weighted by molar-refractivity contribution is 6.06. The van der Waals surface area contributed by atoms with E-state index in [9.17, 15) is 9.59 Å². The summed E-state index contributed by atoms with van der Waals surface area (Å²) in [5.41, 5.74) is 1.84. The van der Waals surface area contributed by atoms with Crippen LogP contribution in [-0.4, -0.2) is 24.4 Å². The number of anilines is 1. The van der Waals surface area contributed by atoms with Gasteiger partial charge in [-0.3, -0.25) is 9.59 Å². The fourth-order valence-corrected chi connectivity index (χ4v) is 2.41. The Kier molecular flexibility index (Phi) is 3.88. The van der Waals surface area contributed by atoms with Crippen LogP contribution >= 0.6 is 0 Å². The normalized spacial score (nSPS) is 19.8. The van der Waals surface area contributed by atoms with Crippen molar-refractivity contribution in [2.45, 2.75) is 33.2 Å². The summed E-state index contributed by atoms with van der Waals surface area (Å²) in [7, 11) is 0. The molecule has 2 rings (SSSR count). The van der Waals surface area contributed by atoms with Crippen LogP contribution in [-0.2, 0) is 9.59 Å². The lowest BCUT2D eigenvalue weighted by atomic mass is 10.00. The number of carbonyl (C=O) groups is 2. The fourth-order valence-electron chi connectivity index (χ4n) is 2.41. The monoisotopic (exact) mass is 260 g/mol. The molecule has 4 nitrogen and oxygen atoms in total. The molecule has 4 heteroatoms. The van der Waals surface area contributed by atoms with Gasteiger partial charge in [0, 0.05) is 5.69 Å². The van der Waals surface area contributed by atoms with Crippen molar-refractivity contribution in [3.8, 4) is 0 Å². The zero-order chi connectivity index (χ0) is 14.0. The first-order valence-corrected chi connectivity index (χ1v) is 6.65. The highest BCUT2D eigenvalue weighted by Gasteiger charge is 2.34. The van der Waals surface area contributed by atoms with E-state index in [2.05, 4.69) is 5.32 Å². The molecule has 1 aromatic rings. The zero-order valence-corrected chi connectivity index (χ0v) is 11.6. The number of piperazine rings is 1. The van der Waals surface area contributed by atoms with E-state index in [0.29, 0.717) is 12.3 Å². The predicted molar refractivity (Wildman–Crippen MR) is 74.9 cm³/mol. The second-order valence-electron chi connectivity index (χ2n) is 5.46. The van der Waals surface area contributed by atoms with E-state index in [1.54, 1.807) is 4.90 Å². The average Bonchev–Trinajstić information content (AvgIpc) is 2.33. The summed E-state index contributed by atoms with van der Waals surface area (Å²) in [6.45, 7) is 6.16. The van der Waals surface area contributed by atoms with Crippen molar-refractivity contribution in [3.63, 3.8) is 0 Å². The van der Waals surface area contributed by atoms with Crippen LogP contribution in [0.4, 0.5) is 5.69 Å². The molecule has 1 aliphatic rings. The number of aryl methyl sites for hydroxylation is 1. The molecular weight excluding hydrogens is 240 g/mol. The third-order valence-electron chi connectivity index (χ3n) is 3.31. The molecule has 1 unspecified atom stereocenters. The van der Waals surface area contributed by atoms with Crippen molar-refractivity contribution in [2.24, 2.45) is 5.92 Å². The van der Waals surface area contributed by atoms with Crippen molar-refractivity contribution >= 4 is 17.5 Å². The first-order valence-electron chi connectivity index (χ1n) is 6.65. The summed E-state index contributed by atoms with van der Waals surface area (Å²) < 4.78 is 0. The number of nitrogens with zero attached hydrogens (tertiary/aromatic N) is 1. The van der Waals surface area contributed by atoms with Gasteiger partial charge in [-0.25, -0.2) is 0 Å². The number of amides is 2. The Bertz CT molecular complexity index is 497. The molecule has 1 atom stereocenters. The molecule has 1 fully saturated rings. The molecule has 102 valence electrons. The average molecular weight is 260 g/mol. The lowest BCUT2D eigenvalue weighted by molar-refractivity contribution is -0.131. The van der Waals surface area contributed by atoms with Crippen LogP contribution in [0.5, 0.6) is 0 Å². The maximum atomic E-state index is 12.5. The number of nitrogens with one attached hydrogen (secondary N) is 1. The van der Waals surface area contributed by atoms with Gasteiger partial charge in [-0.1, -0.05) is 32.0 Å². The van der Waals surface area contributed by atoms with E-state index in [-0.39, 0.29) is 18.4 Å². The standard InChI is InChI=1S/C15H20N2O2/c1-10(2)8-12-15(19)17(9-14(18)16-12)13-7-5-4-6-11(13)3/h4-7,10,12H,8-9H2,1-3H3,(H,16,18). The zero-order valence-electron chi connectivity index (χ0n) is 11.6. The van der Waals surface area contributed by atoms with E-state index >= 15 is 0 Å². The summed E-state index contributed by atoms with van der Waals surface area (Å²) in [6.07, 6.45) is 0.674. The van der Waals surface area contributed by atoms with Gasteiger partial charge in [0.05, 0.1) is 0 Å². The molecule has 0 aromatic heterocycles. The smallest absolute Gasteiger partial charge is 0.250 e. The van der Waals surface area contributed by atoms with Crippen molar-refractivity contribution in [1.29, 1.82) is 0 Å². The van der Waals surface area contributed by atoms with E-state index in [4.69, 9.17) is 0 Å².